The smallest absolute Gasteiger partial charge is 0.340 e. The zero-order chi connectivity index (χ0) is 20.6. The highest BCUT2D eigenvalue weighted by molar-refractivity contribution is 6.08. The summed E-state index contributed by atoms with van der Waals surface area (Å²) in [5.74, 6) is -0.822. The third-order valence-corrected chi connectivity index (χ3v) is 4.35. The van der Waals surface area contributed by atoms with E-state index < -0.39 is 5.97 Å². The van der Waals surface area contributed by atoms with Crippen LogP contribution in [0.2, 0.25) is 0 Å². The minimum Gasteiger partial charge on any atom is -0.462 e. The van der Waals surface area contributed by atoms with Gasteiger partial charge in [-0.15, -0.1) is 0 Å². The molecular formula is C23H23N3O3. The number of carbonyl (C=O) groups is 2. The Labute approximate surface area is 170 Å². The quantitative estimate of drug-likeness (QED) is 0.595. The number of rotatable bonds is 7. The molecule has 0 spiro atoms. The Hall–Kier alpha value is -3.67. The second-order valence-corrected chi connectivity index (χ2v) is 6.23. The van der Waals surface area contributed by atoms with E-state index in [2.05, 4.69) is 15.2 Å². The van der Waals surface area contributed by atoms with E-state index in [0.717, 1.165) is 17.9 Å². The number of benzene rings is 2. The van der Waals surface area contributed by atoms with Crippen LogP contribution in [0.3, 0.4) is 0 Å². The first-order valence-electron chi connectivity index (χ1n) is 9.49. The highest BCUT2D eigenvalue weighted by Crippen LogP contribution is 2.25. The van der Waals surface area contributed by atoms with Gasteiger partial charge in [-0.05, 0) is 44.2 Å². The fourth-order valence-corrected chi connectivity index (χ4v) is 3.00. The summed E-state index contributed by atoms with van der Waals surface area (Å²) in [6.45, 7) is 4.76. The van der Waals surface area contributed by atoms with Crippen LogP contribution in [0.1, 0.15) is 34.6 Å². The van der Waals surface area contributed by atoms with Gasteiger partial charge in [0.1, 0.15) is 0 Å². The number of hydrogen-bond acceptors (Lipinski definition) is 5. The zero-order valence-electron chi connectivity index (χ0n) is 16.5. The Bertz CT molecular complexity index is 989. The van der Waals surface area contributed by atoms with Gasteiger partial charge in [0.25, 0.3) is 5.91 Å². The lowest BCUT2D eigenvalue weighted by molar-refractivity contribution is 0.0527. The Morgan fingerprint density at radius 1 is 0.966 bits per heavy atom. The fourth-order valence-electron chi connectivity index (χ4n) is 3.00. The molecule has 0 saturated carbocycles. The van der Waals surface area contributed by atoms with Gasteiger partial charge in [0.05, 0.1) is 35.3 Å². The first kappa shape index (κ1) is 20.1. The monoisotopic (exact) mass is 389 g/mol. The van der Waals surface area contributed by atoms with Crippen LogP contribution in [-0.2, 0) is 4.74 Å². The van der Waals surface area contributed by atoms with E-state index in [1.54, 1.807) is 43.5 Å². The summed E-state index contributed by atoms with van der Waals surface area (Å²) < 4.78 is 5.06. The molecule has 148 valence electrons. The van der Waals surface area contributed by atoms with Gasteiger partial charge in [0, 0.05) is 18.4 Å². The second-order valence-electron chi connectivity index (χ2n) is 6.23. The predicted molar refractivity (Wildman–Crippen MR) is 114 cm³/mol. The summed E-state index contributed by atoms with van der Waals surface area (Å²) in [5, 5.41) is 2.79. The molecule has 6 nitrogen and oxygen atoms in total. The number of nitrogens with zero attached hydrogens (tertiary/aromatic N) is 2. The Morgan fingerprint density at radius 2 is 1.69 bits per heavy atom. The maximum atomic E-state index is 12.8. The molecule has 3 aromatic rings. The highest BCUT2D eigenvalue weighted by Gasteiger charge is 2.16. The van der Waals surface area contributed by atoms with Crippen LogP contribution < -0.4 is 10.2 Å². The predicted octanol–water partition coefficient (Wildman–Crippen LogP) is 4.67. The molecule has 2 aromatic carbocycles. The summed E-state index contributed by atoms with van der Waals surface area (Å²) >= 11 is 0. The number of amides is 1. The molecule has 29 heavy (non-hydrogen) atoms. The van der Waals surface area contributed by atoms with Crippen LogP contribution >= 0.6 is 0 Å². The van der Waals surface area contributed by atoms with Crippen molar-refractivity contribution in [2.45, 2.75) is 13.8 Å². The molecule has 0 fully saturated rings. The lowest BCUT2D eigenvalue weighted by Gasteiger charge is -2.23. The fraction of sp³-hybridized carbons (Fsp3) is 0.174. The molecule has 0 aliphatic heterocycles. The molecule has 0 radical (unpaired) electrons. The lowest BCUT2D eigenvalue weighted by atomic mass is 10.1. The number of hydrogen-bond donors (Lipinski definition) is 1. The van der Waals surface area contributed by atoms with Gasteiger partial charge in [-0.25, -0.2) is 4.79 Å². The van der Waals surface area contributed by atoms with Gasteiger partial charge in [0.2, 0.25) is 0 Å². The average Bonchev–Trinajstić information content (AvgIpc) is 2.76. The first-order valence-corrected chi connectivity index (χ1v) is 9.49. The van der Waals surface area contributed by atoms with Gasteiger partial charge in [-0.2, -0.15) is 0 Å². The standard InChI is InChI=1S/C23H23N3O3/c1-3-26(18-10-6-5-7-11-18)19-14-17(15-24-16-19)22(27)25-21-13-9-8-12-20(21)23(28)29-4-2/h5-16H,3-4H2,1-2H3,(H,25,27). The Morgan fingerprint density at radius 3 is 2.41 bits per heavy atom. The first-order chi connectivity index (χ1) is 14.1. The van der Waals surface area contributed by atoms with Crippen molar-refractivity contribution in [3.63, 3.8) is 0 Å². The molecule has 1 heterocycles. The van der Waals surface area contributed by atoms with Gasteiger partial charge >= 0.3 is 5.97 Å². The van der Waals surface area contributed by atoms with Gasteiger partial charge in [-0.3, -0.25) is 9.78 Å². The van der Waals surface area contributed by atoms with Gasteiger partial charge in [0.15, 0.2) is 0 Å². The molecule has 1 amide bonds. The van der Waals surface area contributed by atoms with Gasteiger partial charge in [-0.1, -0.05) is 30.3 Å². The number of nitrogens with one attached hydrogen (secondary N) is 1. The molecule has 6 heteroatoms. The molecule has 0 aliphatic carbocycles. The molecule has 1 aromatic heterocycles. The van der Waals surface area contributed by atoms with E-state index in [9.17, 15) is 9.59 Å². The van der Waals surface area contributed by atoms with Crippen LogP contribution in [0.25, 0.3) is 0 Å². The van der Waals surface area contributed by atoms with Crippen LogP contribution in [0.5, 0.6) is 0 Å². The molecule has 0 saturated heterocycles. The van der Waals surface area contributed by atoms with Crippen molar-refractivity contribution in [2.24, 2.45) is 0 Å². The number of para-hydroxylation sites is 2. The summed E-state index contributed by atoms with van der Waals surface area (Å²) in [5.41, 5.74) is 2.94. The molecule has 0 atom stereocenters. The SMILES string of the molecule is CCOC(=O)c1ccccc1NC(=O)c1cncc(N(CC)c2ccccc2)c1. The second kappa shape index (κ2) is 9.50. The van der Waals surface area contributed by atoms with E-state index in [0.29, 0.717) is 16.8 Å². The number of carbonyl (C=O) groups excluding carboxylic acids is 2. The molecular weight excluding hydrogens is 366 g/mol. The highest BCUT2D eigenvalue weighted by atomic mass is 16.5. The summed E-state index contributed by atoms with van der Waals surface area (Å²) in [7, 11) is 0. The van der Waals surface area contributed by atoms with Crippen molar-refractivity contribution in [3.8, 4) is 0 Å². The van der Waals surface area contributed by atoms with Gasteiger partial charge < -0.3 is 15.0 Å². The normalized spacial score (nSPS) is 10.3. The molecule has 0 aliphatic rings. The summed E-state index contributed by atoms with van der Waals surface area (Å²) in [6, 6.07) is 18.5. The van der Waals surface area contributed by atoms with E-state index in [4.69, 9.17) is 4.74 Å². The van der Waals surface area contributed by atoms with Crippen molar-refractivity contribution < 1.29 is 14.3 Å². The largest absolute Gasteiger partial charge is 0.462 e. The molecule has 0 bridgehead atoms. The van der Waals surface area contributed by atoms with E-state index >= 15 is 0 Å². The van der Waals surface area contributed by atoms with E-state index in [-0.39, 0.29) is 12.5 Å². The minimum atomic E-state index is -0.475. The van der Waals surface area contributed by atoms with Crippen molar-refractivity contribution in [1.29, 1.82) is 0 Å². The maximum absolute atomic E-state index is 12.8. The topological polar surface area (TPSA) is 71.5 Å². The number of ether oxygens (including phenoxy) is 1. The minimum absolute atomic E-state index is 0.263. The van der Waals surface area contributed by atoms with Crippen molar-refractivity contribution in [3.05, 3.63) is 84.2 Å². The summed E-state index contributed by atoms with van der Waals surface area (Å²) in [4.78, 5) is 31.3. The number of aromatic nitrogens is 1. The third kappa shape index (κ3) is 4.79. The summed E-state index contributed by atoms with van der Waals surface area (Å²) in [6.07, 6.45) is 3.23. The molecule has 1 N–H and O–H groups in total. The number of pyridine rings is 1. The Balaban J connectivity index is 1.85. The van der Waals surface area contributed by atoms with Crippen LogP contribution in [0.4, 0.5) is 17.1 Å². The van der Waals surface area contributed by atoms with Crippen molar-refractivity contribution in [2.75, 3.05) is 23.4 Å². The lowest BCUT2D eigenvalue weighted by Crippen LogP contribution is -2.19. The molecule has 3 rings (SSSR count). The van der Waals surface area contributed by atoms with Crippen LogP contribution in [0.15, 0.2) is 73.1 Å². The van der Waals surface area contributed by atoms with Crippen LogP contribution in [0, 0.1) is 0 Å². The van der Waals surface area contributed by atoms with Crippen LogP contribution in [-0.4, -0.2) is 30.0 Å². The zero-order valence-corrected chi connectivity index (χ0v) is 16.5. The Kier molecular flexibility index (Phi) is 6.58. The van der Waals surface area contributed by atoms with Crippen molar-refractivity contribution in [1.82, 2.24) is 4.98 Å². The maximum Gasteiger partial charge on any atom is 0.340 e. The van der Waals surface area contributed by atoms with E-state index in [1.807, 2.05) is 37.3 Å². The number of anilines is 3. The molecule has 0 unspecified atom stereocenters. The average molecular weight is 389 g/mol. The third-order valence-electron chi connectivity index (χ3n) is 4.35. The van der Waals surface area contributed by atoms with E-state index in [1.165, 1.54) is 6.20 Å². The van der Waals surface area contributed by atoms with Crippen molar-refractivity contribution >= 4 is 28.9 Å². The number of esters is 1.